The minimum absolute atomic E-state index is 0.116. The van der Waals surface area contributed by atoms with Gasteiger partial charge in [0.25, 0.3) is 5.91 Å². The van der Waals surface area contributed by atoms with Crippen LogP contribution in [0.5, 0.6) is 0 Å². The molecule has 1 amide bonds. The molecular weight excluding hydrogens is 358 g/mol. The SMILES string of the molecule is CC(C)c1ccc(N/C=C(/C#N)C(=O)NC(C)C23CC4CC(CC(C4)C2)C3)cc1. The largest absolute Gasteiger partial charge is 0.360 e. The van der Waals surface area contributed by atoms with Crippen LogP contribution >= 0.6 is 0 Å². The van der Waals surface area contributed by atoms with E-state index in [1.54, 1.807) is 0 Å². The average Bonchev–Trinajstić information content (AvgIpc) is 2.67. The summed E-state index contributed by atoms with van der Waals surface area (Å²) in [7, 11) is 0. The molecule has 0 aliphatic heterocycles. The molecule has 0 heterocycles. The van der Waals surface area contributed by atoms with E-state index in [0.717, 1.165) is 23.4 Å². The van der Waals surface area contributed by atoms with E-state index in [2.05, 4.69) is 49.6 Å². The Hall–Kier alpha value is -2.28. The maximum absolute atomic E-state index is 12.8. The third-order valence-corrected chi connectivity index (χ3v) is 7.68. The molecular formula is C25H33N3O. The van der Waals surface area contributed by atoms with E-state index in [9.17, 15) is 10.1 Å². The van der Waals surface area contributed by atoms with Crippen LogP contribution in [-0.4, -0.2) is 11.9 Å². The molecule has 4 nitrogen and oxygen atoms in total. The van der Waals surface area contributed by atoms with Crippen molar-refractivity contribution in [3.05, 3.63) is 41.6 Å². The highest BCUT2D eigenvalue weighted by atomic mass is 16.1. The average molecular weight is 392 g/mol. The number of nitrogens with zero attached hydrogens (tertiary/aromatic N) is 1. The van der Waals surface area contributed by atoms with Gasteiger partial charge in [-0.2, -0.15) is 5.26 Å². The summed E-state index contributed by atoms with van der Waals surface area (Å²) >= 11 is 0. The molecule has 154 valence electrons. The summed E-state index contributed by atoms with van der Waals surface area (Å²) in [4.78, 5) is 12.8. The molecule has 1 aromatic rings. The van der Waals surface area contributed by atoms with E-state index in [4.69, 9.17) is 0 Å². The Morgan fingerprint density at radius 2 is 1.62 bits per heavy atom. The topological polar surface area (TPSA) is 64.9 Å². The number of rotatable bonds is 6. The van der Waals surface area contributed by atoms with Gasteiger partial charge in [-0.3, -0.25) is 4.79 Å². The van der Waals surface area contributed by atoms with Gasteiger partial charge in [0.15, 0.2) is 0 Å². The summed E-state index contributed by atoms with van der Waals surface area (Å²) in [5.41, 5.74) is 2.52. The summed E-state index contributed by atoms with van der Waals surface area (Å²) in [6.45, 7) is 6.47. The van der Waals surface area contributed by atoms with Crippen molar-refractivity contribution in [3.8, 4) is 6.07 Å². The third kappa shape index (κ3) is 4.06. The molecule has 2 N–H and O–H groups in total. The summed E-state index contributed by atoms with van der Waals surface area (Å²) in [6, 6.07) is 10.3. The Balaban J connectivity index is 1.40. The van der Waals surface area contributed by atoms with Crippen molar-refractivity contribution in [3.63, 3.8) is 0 Å². The zero-order valence-corrected chi connectivity index (χ0v) is 17.9. The van der Waals surface area contributed by atoms with Crippen LogP contribution in [0.3, 0.4) is 0 Å². The second kappa shape index (κ2) is 7.86. The van der Waals surface area contributed by atoms with Crippen LogP contribution in [0.4, 0.5) is 5.69 Å². The first-order valence-electron chi connectivity index (χ1n) is 11.2. The van der Waals surface area contributed by atoms with Crippen molar-refractivity contribution in [2.45, 2.75) is 71.3 Å². The van der Waals surface area contributed by atoms with Gasteiger partial charge in [0, 0.05) is 17.9 Å². The smallest absolute Gasteiger partial charge is 0.263 e. The van der Waals surface area contributed by atoms with Gasteiger partial charge in [0.1, 0.15) is 11.6 Å². The summed E-state index contributed by atoms with van der Waals surface area (Å²) in [6.07, 6.45) is 9.44. The van der Waals surface area contributed by atoms with Crippen molar-refractivity contribution < 1.29 is 4.79 Å². The van der Waals surface area contributed by atoms with Gasteiger partial charge in [0.2, 0.25) is 0 Å². The molecule has 5 rings (SSSR count). The molecule has 1 unspecified atom stereocenters. The first-order valence-corrected chi connectivity index (χ1v) is 11.2. The maximum atomic E-state index is 12.8. The van der Waals surface area contributed by atoms with Crippen LogP contribution in [0.2, 0.25) is 0 Å². The molecule has 4 saturated carbocycles. The first-order chi connectivity index (χ1) is 13.9. The molecule has 29 heavy (non-hydrogen) atoms. The van der Waals surface area contributed by atoms with Gasteiger partial charge < -0.3 is 10.6 Å². The molecule has 4 aliphatic rings. The number of hydrogen-bond acceptors (Lipinski definition) is 3. The van der Waals surface area contributed by atoms with Gasteiger partial charge in [-0.15, -0.1) is 0 Å². The monoisotopic (exact) mass is 391 g/mol. The molecule has 0 spiro atoms. The van der Waals surface area contributed by atoms with Crippen molar-refractivity contribution in [2.24, 2.45) is 23.2 Å². The molecule has 4 heteroatoms. The normalized spacial score (nSPS) is 31.4. The molecule has 0 saturated heterocycles. The predicted octanol–water partition coefficient (Wildman–Crippen LogP) is 5.35. The van der Waals surface area contributed by atoms with E-state index in [-0.39, 0.29) is 22.9 Å². The van der Waals surface area contributed by atoms with E-state index in [1.165, 1.54) is 50.3 Å². The van der Waals surface area contributed by atoms with Crippen molar-refractivity contribution in [1.82, 2.24) is 5.32 Å². The number of nitrogens with one attached hydrogen (secondary N) is 2. The molecule has 0 radical (unpaired) electrons. The lowest BCUT2D eigenvalue weighted by Gasteiger charge is -2.59. The first kappa shape index (κ1) is 20.0. The number of carbonyl (C=O) groups is 1. The Morgan fingerprint density at radius 1 is 1.07 bits per heavy atom. The van der Waals surface area contributed by atoms with E-state index < -0.39 is 0 Å². The molecule has 1 atom stereocenters. The lowest BCUT2D eigenvalue weighted by molar-refractivity contribution is -0.122. The lowest BCUT2D eigenvalue weighted by atomic mass is 9.48. The molecule has 1 aromatic carbocycles. The van der Waals surface area contributed by atoms with Crippen molar-refractivity contribution in [1.29, 1.82) is 5.26 Å². The Labute approximate surface area is 174 Å². The lowest BCUT2D eigenvalue weighted by Crippen LogP contribution is -2.56. The second-order valence-corrected chi connectivity index (χ2v) is 10.1. The van der Waals surface area contributed by atoms with E-state index in [0.29, 0.717) is 5.92 Å². The Bertz CT molecular complexity index is 795. The highest BCUT2D eigenvalue weighted by Gasteiger charge is 2.53. The van der Waals surface area contributed by atoms with Crippen LogP contribution in [0, 0.1) is 34.5 Å². The minimum atomic E-state index is -0.262. The quantitative estimate of drug-likeness (QED) is 0.507. The molecule has 4 aliphatic carbocycles. The molecule has 4 bridgehead atoms. The van der Waals surface area contributed by atoms with Crippen LogP contribution in [0.25, 0.3) is 0 Å². The number of hydrogen-bond donors (Lipinski definition) is 2. The summed E-state index contributed by atoms with van der Waals surface area (Å²) in [5.74, 6) is 2.76. The summed E-state index contributed by atoms with van der Waals surface area (Å²) in [5, 5.41) is 15.8. The fraction of sp³-hybridized carbons (Fsp3) is 0.600. The zero-order chi connectivity index (χ0) is 20.6. The number of nitriles is 1. The maximum Gasteiger partial charge on any atom is 0.263 e. The fourth-order valence-corrected chi connectivity index (χ4v) is 6.40. The van der Waals surface area contributed by atoms with Gasteiger partial charge >= 0.3 is 0 Å². The predicted molar refractivity (Wildman–Crippen MR) is 116 cm³/mol. The van der Waals surface area contributed by atoms with Crippen molar-refractivity contribution in [2.75, 3.05) is 5.32 Å². The minimum Gasteiger partial charge on any atom is -0.360 e. The van der Waals surface area contributed by atoms with Crippen LogP contribution < -0.4 is 10.6 Å². The molecule has 0 aromatic heterocycles. The van der Waals surface area contributed by atoms with E-state index >= 15 is 0 Å². The highest BCUT2D eigenvalue weighted by Crippen LogP contribution is 2.61. The van der Waals surface area contributed by atoms with Crippen molar-refractivity contribution >= 4 is 11.6 Å². The van der Waals surface area contributed by atoms with Crippen LogP contribution in [0.1, 0.15) is 70.8 Å². The highest BCUT2D eigenvalue weighted by molar-refractivity contribution is 5.97. The zero-order valence-electron chi connectivity index (χ0n) is 17.9. The third-order valence-electron chi connectivity index (χ3n) is 7.68. The number of carbonyl (C=O) groups excluding carboxylic acids is 1. The standard InChI is InChI=1S/C25H33N3O/c1-16(2)21-4-6-23(7-5-21)27-15-22(14-26)24(29)28-17(3)25-11-18-8-19(12-25)10-20(9-18)13-25/h4-7,15-20,27H,8-13H2,1-3H3,(H,28,29)/b22-15-. The number of anilines is 1. The van der Waals surface area contributed by atoms with Gasteiger partial charge in [-0.25, -0.2) is 0 Å². The fourth-order valence-electron chi connectivity index (χ4n) is 6.40. The summed E-state index contributed by atoms with van der Waals surface area (Å²) < 4.78 is 0. The molecule has 4 fully saturated rings. The second-order valence-electron chi connectivity index (χ2n) is 10.1. The van der Waals surface area contributed by atoms with Gasteiger partial charge in [-0.1, -0.05) is 26.0 Å². The van der Waals surface area contributed by atoms with Gasteiger partial charge in [0.05, 0.1) is 0 Å². The Morgan fingerprint density at radius 3 is 2.10 bits per heavy atom. The number of benzene rings is 1. The Kier molecular flexibility index (Phi) is 5.42. The van der Waals surface area contributed by atoms with Crippen LogP contribution in [0.15, 0.2) is 36.0 Å². The number of amides is 1. The van der Waals surface area contributed by atoms with E-state index in [1.807, 2.05) is 12.1 Å². The van der Waals surface area contributed by atoms with Crippen LogP contribution in [-0.2, 0) is 4.79 Å². The van der Waals surface area contributed by atoms with Gasteiger partial charge in [-0.05, 0) is 92.2 Å².